The molecule has 0 unspecified atom stereocenters. The van der Waals surface area contributed by atoms with Crippen molar-refractivity contribution in [3.63, 3.8) is 0 Å². The minimum atomic E-state index is -0.267. The van der Waals surface area contributed by atoms with E-state index in [1.807, 2.05) is 26.8 Å². The molecule has 0 bridgehead atoms. The minimum absolute atomic E-state index is 0.255. The van der Waals surface area contributed by atoms with Gasteiger partial charge < -0.3 is 9.73 Å². The van der Waals surface area contributed by atoms with E-state index in [0.29, 0.717) is 17.3 Å². The number of carbonyl (C=O) groups is 1. The van der Waals surface area contributed by atoms with Gasteiger partial charge in [0.15, 0.2) is 5.76 Å². The Labute approximate surface area is 111 Å². The first kappa shape index (κ1) is 13.1. The van der Waals surface area contributed by atoms with Crippen LogP contribution in [0.4, 0.5) is 5.82 Å². The van der Waals surface area contributed by atoms with E-state index in [9.17, 15) is 4.79 Å². The predicted octanol–water partition coefficient (Wildman–Crippen LogP) is 3.02. The van der Waals surface area contributed by atoms with Gasteiger partial charge in [-0.3, -0.25) is 4.79 Å². The second-order valence-electron chi connectivity index (χ2n) is 5.17. The van der Waals surface area contributed by atoms with Crippen molar-refractivity contribution in [3.05, 3.63) is 37.1 Å². The Morgan fingerprint density at radius 2 is 2.26 bits per heavy atom. The van der Waals surface area contributed by atoms with E-state index in [0.717, 1.165) is 0 Å². The molecule has 1 N–H and O–H groups in total. The lowest BCUT2D eigenvalue weighted by molar-refractivity contribution is -0.111. The van der Waals surface area contributed by atoms with Gasteiger partial charge in [0.1, 0.15) is 11.5 Å². The van der Waals surface area contributed by atoms with Gasteiger partial charge in [-0.2, -0.15) is 5.10 Å². The third-order valence-corrected chi connectivity index (χ3v) is 2.56. The smallest absolute Gasteiger partial charge is 0.248 e. The molecule has 2 aromatic heterocycles. The summed E-state index contributed by atoms with van der Waals surface area (Å²) in [5.41, 5.74) is 0.425. The van der Waals surface area contributed by atoms with Crippen molar-refractivity contribution in [2.45, 2.75) is 26.3 Å². The summed E-state index contributed by atoms with van der Waals surface area (Å²) >= 11 is 0. The molecule has 1 amide bonds. The molecule has 0 fully saturated rings. The first-order chi connectivity index (χ1) is 8.91. The monoisotopic (exact) mass is 259 g/mol. The normalized spacial score (nSPS) is 11.3. The van der Waals surface area contributed by atoms with Crippen LogP contribution in [-0.2, 0) is 10.3 Å². The van der Waals surface area contributed by atoms with Crippen molar-refractivity contribution in [1.29, 1.82) is 0 Å². The number of hydrogen-bond donors (Lipinski definition) is 1. The standard InChI is InChI=1S/C14H17N3O2/c1-5-13(18)15-12-9-10(11-7-6-8-19-11)16-17(12)14(2,3)4/h5-9H,1H2,2-4H3,(H,15,18). The van der Waals surface area contributed by atoms with Gasteiger partial charge >= 0.3 is 0 Å². The second-order valence-corrected chi connectivity index (χ2v) is 5.17. The largest absolute Gasteiger partial charge is 0.463 e. The van der Waals surface area contributed by atoms with Crippen molar-refractivity contribution in [1.82, 2.24) is 9.78 Å². The molecule has 0 atom stereocenters. The summed E-state index contributed by atoms with van der Waals surface area (Å²) < 4.78 is 7.08. The third-order valence-electron chi connectivity index (χ3n) is 2.56. The lowest BCUT2D eigenvalue weighted by Gasteiger charge is -2.22. The summed E-state index contributed by atoms with van der Waals surface area (Å²) in [4.78, 5) is 11.5. The highest BCUT2D eigenvalue weighted by Crippen LogP contribution is 2.27. The van der Waals surface area contributed by atoms with Crippen LogP contribution >= 0.6 is 0 Å². The van der Waals surface area contributed by atoms with Crippen LogP contribution in [0.2, 0.25) is 0 Å². The zero-order chi connectivity index (χ0) is 14.0. The topological polar surface area (TPSA) is 60.1 Å². The minimum Gasteiger partial charge on any atom is -0.463 e. The molecule has 0 aliphatic carbocycles. The molecule has 0 aliphatic rings. The number of furan rings is 1. The van der Waals surface area contributed by atoms with E-state index >= 15 is 0 Å². The van der Waals surface area contributed by atoms with Crippen LogP contribution in [0.5, 0.6) is 0 Å². The predicted molar refractivity (Wildman–Crippen MR) is 73.8 cm³/mol. The quantitative estimate of drug-likeness (QED) is 0.862. The van der Waals surface area contributed by atoms with E-state index in [1.54, 1.807) is 23.1 Å². The number of aromatic nitrogens is 2. The number of hydrogen-bond acceptors (Lipinski definition) is 3. The highest BCUT2D eigenvalue weighted by atomic mass is 16.3. The van der Waals surface area contributed by atoms with Gasteiger partial charge in [0.25, 0.3) is 0 Å². The molecular formula is C14H17N3O2. The fourth-order valence-corrected chi connectivity index (χ4v) is 1.70. The van der Waals surface area contributed by atoms with Crippen molar-refractivity contribution in [3.8, 4) is 11.5 Å². The summed E-state index contributed by atoms with van der Waals surface area (Å²) in [7, 11) is 0. The number of carbonyl (C=O) groups excluding carboxylic acids is 1. The molecule has 5 nitrogen and oxygen atoms in total. The van der Waals surface area contributed by atoms with E-state index in [2.05, 4.69) is 17.0 Å². The van der Waals surface area contributed by atoms with Gasteiger partial charge in [-0.25, -0.2) is 4.68 Å². The average Bonchev–Trinajstić information content (AvgIpc) is 2.94. The molecule has 0 saturated heterocycles. The van der Waals surface area contributed by atoms with E-state index in [1.165, 1.54) is 6.08 Å². The highest BCUT2D eigenvalue weighted by molar-refractivity contribution is 5.98. The summed E-state index contributed by atoms with van der Waals surface area (Å²) in [6.07, 6.45) is 2.82. The molecule has 0 spiro atoms. The van der Waals surface area contributed by atoms with Gasteiger partial charge in [0.05, 0.1) is 11.8 Å². The van der Waals surface area contributed by atoms with E-state index in [-0.39, 0.29) is 11.4 Å². The van der Waals surface area contributed by atoms with Gasteiger partial charge in [0.2, 0.25) is 5.91 Å². The Morgan fingerprint density at radius 1 is 1.53 bits per heavy atom. The number of rotatable bonds is 3. The maximum absolute atomic E-state index is 11.5. The van der Waals surface area contributed by atoms with Crippen LogP contribution in [0.1, 0.15) is 20.8 Å². The fraction of sp³-hybridized carbons (Fsp3) is 0.286. The summed E-state index contributed by atoms with van der Waals surface area (Å²) in [6.45, 7) is 9.47. The Bertz CT molecular complexity index is 589. The molecular weight excluding hydrogens is 242 g/mol. The lowest BCUT2D eigenvalue weighted by Crippen LogP contribution is -2.26. The van der Waals surface area contributed by atoms with Crippen LogP contribution in [0.15, 0.2) is 41.5 Å². The zero-order valence-electron chi connectivity index (χ0n) is 11.3. The van der Waals surface area contributed by atoms with Crippen molar-refractivity contribution >= 4 is 11.7 Å². The van der Waals surface area contributed by atoms with Crippen molar-refractivity contribution in [2.75, 3.05) is 5.32 Å². The molecule has 19 heavy (non-hydrogen) atoms. The van der Waals surface area contributed by atoms with Crippen LogP contribution < -0.4 is 5.32 Å². The highest BCUT2D eigenvalue weighted by Gasteiger charge is 2.21. The van der Waals surface area contributed by atoms with Crippen LogP contribution in [0, 0.1) is 0 Å². The van der Waals surface area contributed by atoms with Gasteiger partial charge in [-0.05, 0) is 39.0 Å². The fourth-order valence-electron chi connectivity index (χ4n) is 1.70. The molecule has 2 rings (SSSR count). The SMILES string of the molecule is C=CC(=O)Nc1cc(-c2ccco2)nn1C(C)(C)C. The first-order valence-electron chi connectivity index (χ1n) is 5.99. The Morgan fingerprint density at radius 3 is 2.79 bits per heavy atom. The second kappa shape index (κ2) is 4.76. The molecule has 0 aliphatic heterocycles. The third kappa shape index (κ3) is 2.76. The van der Waals surface area contributed by atoms with E-state index < -0.39 is 0 Å². The van der Waals surface area contributed by atoms with E-state index in [4.69, 9.17) is 4.42 Å². The zero-order valence-corrected chi connectivity index (χ0v) is 11.3. The molecule has 0 saturated carbocycles. The van der Waals surface area contributed by atoms with Gasteiger partial charge in [0, 0.05) is 6.07 Å². The number of anilines is 1. The average molecular weight is 259 g/mol. The Kier molecular flexibility index (Phi) is 3.29. The summed E-state index contributed by atoms with van der Waals surface area (Å²) in [6, 6.07) is 5.41. The summed E-state index contributed by atoms with van der Waals surface area (Å²) in [5, 5.41) is 7.24. The molecule has 2 heterocycles. The molecule has 2 aromatic rings. The lowest BCUT2D eigenvalue weighted by atomic mass is 10.1. The van der Waals surface area contributed by atoms with Crippen molar-refractivity contribution in [2.24, 2.45) is 0 Å². The van der Waals surface area contributed by atoms with Gasteiger partial charge in [-0.15, -0.1) is 0 Å². The number of nitrogens with zero attached hydrogens (tertiary/aromatic N) is 2. The summed E-state index contributed by atoms with van der Waals surface area (Å²) in [5.74, 6) is 1.01. The molecule has 0 aromatic carbocycles. The van der Waals surface area contributed by atoms with Crippen LogP contribution in [-0.4, -0.2) is 15.7 Å². The Balaban J connectivity index is 2.45. The molecule has 100 valence electrons. The van der Waals surface area contributed by atoms with Gasteiger partial charge in [-0.1, -0.05) is 6.58 Å². The molecule has 5 heteroatoms. The van der Waals surface area contributed by atoms with Crippen LogP contribution in [0.3, 0.4) is 0 Å². The first-order valence-corrected chi connectivity index (χ1v) is 5.99. The maximum atomic E-state index is 11.5. The number of nitrogens with one attached hydrogen (secondary N) is 1. The van der Waals surface area contributed by atoms with Crippen LogP contribution in [0.25, 0.3) is 11.5 Å². The maximum Gasteiger partial charge on any atom is 0.248 e. The Hall–Kier alpha value is -2.30. The number of amides is 1. The molecule has 0 radical (unpaired) electrons. The van der Waals surface area contributed by atoms with Crippen molar-refractivity contribution < 1.29 is 9.21 Å².